The zero-order valence-electron chi connectivity index (χ0n) is 16.7. The summed E-state index contributed by atoms with van der Waals surface area (Å²) in [5.74, 6) is 0.500. The van der Waals surface area contributed by atoms with Crippen molar-refractivity contribution in [3.63, 3.8) is 0 Å². The van der Waals surface area contributed by atoms with Gasteiger partial charge < -0.3 is 14.8 Å². The fourth-order valence-electron chi connectivity index (χ4n) is 2.98. The highest BCUT2D eigenvalue weighted by molar-refractivity contribution is 7.99. The number of hydrogen-bond acceptors (Lipinski definition) is 6. The molecule has 1 amide bonds. The van der Waals surface area contributed by atoms with Crippen LogP contribution < -0.4 is 10.1 Å². The maximum atomic E-state index is 13.1. The van der Waals surface area contributed by atoms with Gasteiger partial charge in [-0.15, -0.1) is 18.3 Å². The van der Waals surface area contributed by atoms with Crippen LogP contribution in [-0.2, 0) is 14.8 Å². The monoisotopic (exact) mass is 448 g/mol. The Labute approximate surface area is 181 Å². The molecule has 0 aromatic heterocycles. The van der Waals surface area contributed by atoms with Crippen molar-refractivity contribution in [1.29, 1.82) is 0 Å². The molecule has 0 saturated carbocycles. The first-order chi connectivity index (χ1) is 14.5. The highest BCUT2D eigenvalue weighted by atomic mass is 32.2. The first-order valence-electron chi connectivity index (χ1n) is 9.37. The number of benzene rings is 2. The van der Waals surface area contributed by atoms with Crippen molar-refractivity contribution in [1.82, 2.24) is 4.31 Å². The first kappa shape index (κ1) is 22.4. The number of hydrogen-bond donors (Lipinski definition) is 1. The molecule has 30 heavy (non-hydrogen) atoms. The Hall–Kier alpha value is -2.33. The van der Waals surface area contributed by atoms with Crippen molar-refractivity contribution in [3.05, 3.63) is 60.7 Å². The number of morpholine rings is 1. The Morgan fingerprint density at radius 1 is 1.27 bits per heavy atom. The average Bonchev–Trinajstić information content (AvgIpc) is 2.78. The fourth-order valence-corrected chi connectivity index (χ4v) is 5.32. The number of sulfonamides is 1. The zero-order chi connectivity index (χ0) is 21.6. The summed E-state index contributed by atoms with van der Waals surface area (Å²) in [5.41, 5.74) is 0.883. The van der Waals surface area contributed by atoms with E-state index in [1.807, 2.05) is 18.2 Å². The van der Waals surface area contributed by atoms with E-state index < -0.39 is 15.9 Å². The summed E-state index contributed by atoms with van der Waals surface area (Å²) in [6.07, 6.45) is 1.79. The summed E-state index contributed by atoms with van der Waals surface area (Å²) in [6, 6.07) is 11.8. The largest absolute Gasteiger partial charge is 0.495 e. The molecule has 2 aromatic carbocycles. The van der Waals surface area contributed by atoms with Crippen LogP contribution in [0.5, 0.6) is 5.75 Å². The third-order valence-corrected chi connectivity index (χ3v) is 7.49. The molecule has 0 spiro atoms. The van der Waals surface area contributed by atoms with Gasteiger partial charge in [0.25, 0.3) is 5.91 Å². The lowest BCUT2D eigenvalue weighted by atomic mass is 10.2. The lowest BCUT2D eigenvalue weighted by Crippen LogP contribution is -2.40. The number of amides is 1. The Balaban J connectivity index is 1.89. The molecule has 0 bridgehead atoms. The fraction of sp³-hybridized carbons (Fsp3) is 0.286. The van der Waals surface area contributed by atoms with E-state index >= 15 is 0 Å². The lowest BCUT2D eigenvalue weighted by molar-refractivity contribution is 0.0729. The standard InChI is InChI=1S/C21H24N2O5S2/c1-3-14-29-19-7-5-4-6-17(19)22-21(24)16-8-9-18(27-2)20(15-16)30(25,26)23-10-12-28-13-11-23/h3-9,15H,1,10-14H2,2H3,(H,22,24). The maximum Gasteiger partial charge on any atom is 0.255 e. The van der Waals surface area contributed by atoms with Crippen LogP contribution in [0.4, 0.5) is 5.69 Å². The summed E-state index contributed by atoms with van der Waals surface area (Å²) in [4.78, 5) is 13.8. The summed E-state index contributed by atoms with van der Waals surface area (Å²) in [7, 11) is -2.42. The number of rotatable bonds is 8. The van der Waals surface area contributed by atoms with Crippen LogP contribution in [0.25, 0.3) is 0 Å². The summed E-state index contributed by atoms with van der Waals surface area (Å²) < 4.78 is 38.1. The number of para-hydroxylation sites is 1. The predicted molar refractivity (Wildman–Crippen MR) is 118 cm³/mol. The van der Waals surface area contributed by atoms with E-state index in [1.54, 1.807) is 30.0 Å². The van der Waals surface area contributed by atoms with Gasteiger partial charge in [-0.25, -0.2) is 8.42 Å². The molecule has 1 fully saturated rings. The molecule has 2 aromatic rings. The van der Waals surface area contributed by atoms with Crippen LogP contribution in [0, 0.1) is 0 Å². The molecule has 160 valence electrons. The summed E-state index contributed by atoms with van der Waals surface area (Å²) in [6.45, 7) is 4.90. The number of thioether (sulfide) groups is 1. The first-order valence-corrected chi connectivity index (χ1v) is 11.8. The van der Waals surface area contributed by atoms with Crippen molar-refractivity contribution in [2.24, 2.45) is 0 Å². The van der Waals surface area contributed by atoms with Gasteiger partial charge in [0, 0.05) is 29.3 Å². The van der Waals surface area contributed by atoms with E-state index in [0.29, 0.717) is 24.7 Å². The highest BCUT2D eigenvalue weighted by Crippen LogP contribution is 2.30. The minimum absolute atomic E-state index is 0.0335. The molecule has 3 rings (SSSR count). The molecule has 0 atom stereocenters. The third-order valence-electron chi connectivity index (χ3n) is 4.51. The van der Waals surface area contributed by atoms with Gasteiger partial charge >= 0.3 is 0 Å². The van der Waals surface area contributed by atoms with Crippen LogP contribution in [0.15, 0.2) is 64.9 Å². The Morgan fingerprint density at radius 2 is 2.00 bits per heavy atom. The minimum Gasteiger partial charge on any atom is -0.495 e. The predicted octanol–water partition coefficient (Wildman–Crippen LogP) is 3.25. The Bertz CT molecular complexity index is 1020. The van der Waals surface area contributed by atoms with Crippen LogP contribution in [0.1, 0.15) is 10.4 Å². The molecule has 1 saturated heterocycles. The van der Waals surface area contributed by atoms with E-state index in [0.717, 1.165) is 4.90 Å². The Morgan fingerprint density at radius 3 is 2.70 bits per heavy atom. The molecule has 0 unspecified atom stereocenters. The average molecular weight is 449 g/mol. The zero-order valence-corrected chi connectivity index (χ0v) is 18.3. The number of ether oxygens (including phenoxy) is 2. The number of anilines is 1. The van der Waals surface area contributed by atoms with Crippen molar-refractivity contribution in [2.75, 3.05) is 44.5 Å². The van der Waals surface area contributed by atoms with Crippen LogP contribution >= 0.6 is 11.8 Å². The SMILES string of the molecule is C=CCSc1ccccc1NC(=O)c1ccc(OC)c(S(=O)(=O)N2CCOCC2)c1. The van der Waals surface area contributed by atoms with Crippen molar-refractivity contribution in [2.45, 2.75) is 9.79 Å². The number of carbonyl (C=O) groups is 1. The van der Waals surface area contributed by atoms with Gasteiger partial charge in [0.2, 0.25) is 10.0 Å². The normalized spacial score (nSPS) is 14.8. The molecule has 0 radical (unpaired) electrons. The number of nitrogens with one attached hydrogen (secondary N) is 1. The van der Waals surface area contributed by atoms with E-state index in [2.05, 4.69) is 11.9 Å². The van der Waals surface area contributed by atoms with Gasteiger partial charge in [0.15, 0.2) is 0 Å². The molecule has 0 aliphatic carbocycles. The molecule has 7 nitrogen and oxygen atoms in total. The number of methoxy groups -OCH3 is 1. The van der Waals surface area contributed by atoms with Crippen molar-refractivity contribution >= 4 is 33.4 Å². The molecular formula is C21H24N2O5S2. The highest BCUT2D eigenvalue weighted by Gasteiger charge is 2.30. The number of nitrogens with zero attached hydrogens (tertiary/aromatic N) is 1. The second-order valence-corrected chi connectivity index (χ2v) is 9.40. The molecule has 9 heteroatoms. The lowest BCUT2D eigenvalue weighted by Gasteiger charge is -2.26. The summed E-state index contributed by atoms with van der Waals surface area (Å²) in [5, 5.41) is 2.87. The van der Waals surface area contributed by atoms with Gasteiger partial charge in [-0.2, -0.15) is 4.31 Å². The van der Waals surface area contributed by atoms with E-state index in [1.165, 1.54) is 23.5 Å². The quantitative estimate of drug-likeness (QED) is 0.493. The Kier molecular flexibility index (Phi) is 7.54. The molecular weight excluding hydrogens is 424 g/mol. The third kappa shape index (κ3) is 5.04. The van der Waals surface area contributed by atoms with Gasteiger partial charge in [0.05, 0.1) is 26.0 Å². The van der Waals surface area contributed by atoms with Crippen molar-refractivity contribution in [3.8, 4) is 5.75 Å². The van der Waals surface area contributed by atoms with Crippen LogP contribution in [0.2, 0.25) is 0 Å². The minimum atomic E-state index is -3.82. The van der Waals surface area contributed by atoms with Crippen LogP contribution in [-0.4, -0.2) is 57.8 Å². The van der Waals surface area contributed by atoms with Gasteiger partial charge in [0.1, 0.15) is 10.6 Å². The van der Waals surface area contributed by atoms with E-state index in [4.69, 9.17) is 9.47 Å². The maximum absolute atomic E-state index is 13.1. The smallest absolute Gasteiger partial charge is 0.255 e. The van der Waals surface area contributed by atoms with Gasteiger partial charge in [-0.3, -0.25) is 4.79 Å². The molecule has 1 N–H and O–H groups in total. The molecule has 1 aliphatic rings. The van der Waals surface area contributed by atoms with Crippen molar-refractivity contribution < 1.29 is 22.7 Å². The summed E-state index contributed by atoms with van der Waals surface area (Å²) >= 11 is 1.55. The van der Waals surface area contributed by atoms with E-state index in [-0.39, 0.29) is 29.3 Å². The molecule has 1 aliphatic heterocycles. The molecule has 1 heterocycles. The van der Waals surface area contributed by atoms with Gasteiger partial charge in [-0.1, -0.05) is 18.2 Å². The number of carbonyl (C=O) groups excluding carboxylic acids is 1. The topological polar surface area (TPSA) is 84.9 Å². The van der Waals surface area contributed by atoms with Gasteiger partial charge in [-0.05, 0) is 30.3 Å². The second kappa shape index (κ2) is 10.1. The van der Waals surface area contributed by atoms with Crippen LogP contribution in [0.3, 0.4) is 0 Å². The van der Waals surface area contributed by atoms with E-state index in [9.17, 15) is 13.2 Å². The second-order valence-electron chi connectivity index (χ2n) is 6.43.